The van der Waals surface area contributed by atoms with Crippen LogP contribution >= 0.6 is 0 Å². The van der Waals surface area contributed by atoms with Crippen LogP contribution in [0, 0.1) is 0 Å². The first-order valence-electron chi connectivity index (χ1n) is 10.3. The van der Waals surface area contributed by atoms with Crippen LogP contribution in [0.5, 0.6) is 0 Å². The number of benzene rings is 2. The summed E-state index contributed by atoms with van der Waals surface area (Å²) in [5.41, 5.74) is 2.35. The minimum absolute atomic E-state index is 0. The Morgan fingerprint density at radius 1 is 1.09 bits per heavy atom. The maximum atomic E-state index is 12.6. The van der Waals surface area contributed by atoms with Crippen LogP contribution in [-0.4, -0.2) is 36.1 Å². The summed E-state index contributed by atoms with van der Waals surface area (Å²) < 4.78 is 0. The first kappa shape index (κ1) is 28.5. The van der Waals surface area contributed by atoms with Gasteiger partial charge in [-0.15, -0.1) is 0 Å². The van der Waals surface area contributed by atoms with E-state index in [0.29, 0.717) is 24.4 Å². The van der Waals surface area contributed by atoms with Gasteiger partial charge in [0.15, 0.2) is 5.82 Å². The monoisotopic (exact) mass is 435 g/mol. The fourth-order valence-corrected chi connectivity index (χ4v) is 2.61. The second-order valence-electron chi connectivity index (χ2n) is 6.72. The van der Waals surface area contributed by atoms with Crippen molar-refractivity contribution in [3.8, 4) is 0 Å². The van der Waals surface area contributed by atoms with Crippen LogP contribution in [0.25, 0.3) is 10.8 Å². The molecule has 1 amide bonds. The van der Waals surface area contributed by atoms with E-state index in [1.165, 1.54) is 6.20 Å². The van der Waals surface area contributed by atoms with Crippen molar-refractivity contribution in [3.63, 3.8) is 0 Å². The van der Waals surface area contributed by atoms with Crippen LogP contribution in [0.3, 0.4) is 0 Å². The zero-order valence-corrected chi connectivity index (χ0v) is 19.2. The normalized spacial score (nSPS) is 10.5. The van der Waals surface area contributed by atoms with Gasteiger partial charge in [-0.1, -0.05) is 58.2 Å². The van der Waals surface area contributed by atoms with Crippen LogP contribution in [0.1, 0.15) is 58.8 Å². The number of fused-ring (bicyclic) bond motifs is 1. The molecule has 0 fully saturated rings. The van der Waals surface area contributed by atoms with Gasteiger partial charge in [0.05, 0.1) is 6.20 Å². The Labute approximate surface area is 193 Å². The van der Waals surface area contributed by atoms with Gasteiger partial charge in [-0.3, -0.25) is 14.8 Å². The van der Waals surface area contributed by atoms with E-state index in [0.717, 1.165) is 22.2 Å². The molecule has 0 aromatic heterocycles. The molecule has 0 spiro atoms. The minimum Gasteiger partial charge on any atom is -0.305 e. The van der Waals surface area contributed by atoms with Crippen LogP contribution in [0.4, 0.5) is 0 Å². The number of carbonyl (C=O) groups excluding carboxylic acids is 1. The zero-order valence-electron chi connectivity index (χ0n) is 19.2. The number of allylic oxidation sites excluding steroid dienone is 1. The van der Waals surface area contributed by atoms with Gasteiger partial charge < -0.3 is 5.32 Å². The number of carbonyl (C=O) groups is 1. The number of hydrogen-bond acceptors (Lipinski definition) is 5. The number of nitrogens with zero attached hydrogens (tertiary/aromatic N) is 4. The molecule has 6 heteroatoms. The molecule has 2 aromatic carbocycles. The standard InChI is InChI=1S/C23H27N5O.C2H6.CH4/c1-17(2)27-28(18(3)4)14-8-13-25-22(16-24-5)26-23(29)21-12-11-19-9-6-7-10-20(19)15-21;1-2;/h6-7,9-13,15-16H,3,5,8,14H2,1-2,4H3,(H,26,29);1-2H3;1H4/b22-16+,25-13-;;. The van der Waals surface area contributed by atoms with Gasteiger partial charge in [-0.05, 0) is 50.4 Å². The maximum Gasteiger partial charge on any atom is 0.256 e. The zero-order chi connectivity index (χ0) is 23.2. The van der Waals surface area contributed by atoms with Gasteiger partial charge in [0.2, 0.25) is 0 Å². The average Bonchev–Trinajstić information content (AvgIpc) is 2.76. The Kier molecular flexibility index (Phi) is 13.6. The van der Waals surface area contributed by atoms with Crippen molar-refractivity contribution in [2.45, 2.75) is 48.5 Å². The Bertz CT molecular complexity index is 985. The molecule has 2 rings (SSSR count). The lowest BCUT2D eigenvalue weighted by Gasteiger charge is -2.18. The van der Waals surface area contributed by atoms with Crippen LogP contribution < -0.4 is 5.32 Å². The van der Waals surface area contributed by atoms with Crippen LogP contribution in [0.2, 0.25) is 0 Å². The van der Waals surface area contributed by atoms with Crippen molar-refractivity contribution < 1.29 is 4.79 Å². The third kappa shape index (κ3) is 9.51. The Balaban J connectivity index is 0.00000311. The predicted octanol–water partition coefficient (Wildman–Crippen LogP) is 6.42. The summed E-state index contributed by atoms with van der Waals surface area (Å²) in [6.07, 6.45) is 3.76. The van der Waals surface area contributed by atoms with Crippen molar-refractivity contribution >= 4 is 35.3 Å². The summed E-state index contributed by atoms with van der Waals surface area (Å²) in [7, 11) is 0. The summed E-state index contributed by atoms with van der Waals surface area (Å²) in [5.74, 6) is 0.0766. The largest absolute Gasteiger partial charge is 0.305 e. The summed E-state index contributed by atoms with van der Waals surface area (Å²) in [6, 6.07) is 13.5. The summed E-state index contributed by atoms with van der Waals surface area (Å²) in [6.45, 7) is 17.8. The number of hydrogen-bond donors (Lipinski definition) is 1. The number of aliphatic imine (C=N–C) groups is 2. The van der Waals surface area contributed by atoms with Gasteiger partial charge in [-0.2, -0.15) is 5.10 Å². The summed E-state index contributed by atoms with van der Waals surface area (Å²) >= 11 is 0. The second kappa shape index (κ2) is 15.3. The Morgan fingerprint density at radius 2 is 1.75 bits per heavy atom. The third-order valence-corrected chi connectivity index (χ3v) is 3.93. The van der Waals surface area contributed by atoms with Crippen molar-refractivity contribution in [2.24, 2.45) is 15.1 Å². The lowest BCUT2D eigenvalue weighted by atomic mass is 10.1. The molecule has 1 N–H and O–H groups in total. The van der Waals surface area contributed by atoms with Crippen LogP contribution in [-0.2, 0) is 0 Å². The highest BCUT2D eigenvalue weighted by atomic mass is 16.1. The first-order valence-corrected chi connectivity index (χ1v) is 10.3. The molecular formula is C26H37N5O. The Morgan fingerprint density at radius 3 is 2.34 bits per heavy atom. The molecule has 0 saturated carbocycles. The van der Waals surface area contributed by atoms with E-state index < -0.39 is 0 Å². The molecule has 0 unspecified atom stereocenters. The molecule has 2 aromatic rings. The Hall–Kier alpha value is -3.54. The highest BCUT2D eigenvalue weighted by molar-refractivity contribution is 5.99. The van der Waals surface area contributed by atoms with E-state index in [9.17, 15) is 4.79 Å². The van der Waals surface area contributed by atoms with Crippen molar-refractivity contribution in [1.82, 2.24) is 10.3 Å². The molecule has 0 bridgehead atoms. The fourth-order valence-electron chi connectivity index (χ4n) is 2.61. The summed E-state index contributed by atoms with van der Waals surface area (Å²) in [4.78, 5) is 20.6. The number of rotatable bonds is 9. The SMILES string of the molecule is C.C=N/C=C(\N=C/CCN(N=C(C)C)C(=C)C)NC(=O)c1ccc2ccccc2c1.CC. The van der Waals surface area contributed by atoms with Gasteiger partial charge >= 0.3 is 0 Å². The lowest BCUT2D eigenvalue weighted by Crippen LogP contribution is -2.22. The fraction of sp³-hybridized carbons (Fsp3) is 0.308. The maximum absolute atomic E-state index is 12.6. The highest BCUT2D eigenvalue weighted by Gasteiger charge is 2.08. The smallest absolute Gasteiger partial charge is 0.256 e. The molecule has 32 heavy (non-hydrogen) atoms. The number of hydrazone groups is 1. The molecular weight excluding hydrogens is 398 g/mol. The van der Waals surface area contributed by atoms with Gasteiger partial charge in [-0.25, -0.2) is 4.99 Å². The van der Waals surface area contributed by atoms with E-state index in [-0.39, 0.29) is 13.3 Å². The molecule has 0 aliphatic rings. The molecule has 0 atom stereocenters. The first-order chi connectivity index (χ1) is 14.9. The molecule has 0 aliphatic carbocycles. The van der Waals surface area contributed by atoms with Crippen molar-refractivity contribution in [2.75, 3.05) is 6.54 Å². The van der Waals surface area contributed by atoms with Gasteiger partial charge in [0.1, 0.15) is 0 Å². The molecule has 6 nitrogen and oxygen atoms in total. The molecule has 0 radical (unpaired) electrons. The van der Waals surface area contributed by atoms with E-state index in [4.69, 9.17) is 0 Å². The molecule has 172 valence electrons. The van der Waals surface area contributed by atoms with E-state index in [1.807, 2.05) is 76.0 Å². The molecule has 0 heterocycles. The number of nitrogens with one attached hydrogen (secondary N) is 1. The van der Waals surface area contributed by atoms with E-state index in [1.54, 1.807) is 12.3 Å². The quantitative estimate of drug-likeness (QED) is 0.364. The average molecular weight is 436 g/mol. The number of amides is 1. The van der Waals surface area contributed by atoms with Crippen molar-refractivity contribution in [3.05, 3.63) is 72.3 Å². The third-order valence-electron chi connectivity index (χ3n) is 3.93. The minimum atomic E-state index is -0.252. The van der Waals surface area contributed by atoms with Gasteiger partial charge in [0.25, 0.3) is 5.91 Å². The second-order valence-corrected chi connectivity index (χ2v) is 6.72. The van der Waals surface area contributed by atoms with Crippen LogP contribution in [0.15, 0.2) is 81.8 Å². The van der Waals surface area contributed by atoms with E-state index in [2.05, 4.69) is 33.7 Å². The van der Waals surface area contributed by atoms with E-state index >= 15 is 0 Å². The summed E-state index contributed by atoms with van der Waals surface area (Å²) in [5, 5.41) is 11.1. The van der Waals surface area contributed by atoms with Crippen molar-refractivity contribution in [1.29, 1.82) is 0 Å². The lowest BCUT2D eigenvalue weighted by molar-refractivity contribution is 0.0965. The highest BCUT2D eigenvalue weighted by Crippen LogP contribution is 2.16. The predicted molar refractivity (Wildman–Crippen MR) is 141 cm³/mol. The van der Waals surface area contributed by atoms with Gasteiger partial charge in [0, 0.05) is 36.2 Å². The topological polar surface area (TPSA) is 69.4 Å². The molecule has 0 aliphatic heterocycles. The molecule has 0 saturated heterocycles.